The SMILES string of the molecule is O=C(Cn1cccnc1=O)NC1CCc2ccccc21. The Morgan fingerprint density at radius 3 is 3.05 bits per heavy atom. The van der Waals surface area contributed by atoms with E-state index in [9.17, 15) is 9.59 Å². The van der Waals surface area contributed by atoms with Crippen molar-refractivity contribution in [3.05, 3.63) is 64.3 Å². The molecule has 20 heavy (non-hydrogen) atoms. The van der Waals surface area contributed by atoms with Crippen LogP contribution in [0.1, 0.15) is 23.6 Å². The van der Waals surface area contributed by atoms with Crippen LogP contribution in [0.15, 0.2) is 47.5 Å². The van der Waals surface area contributed by atoms with Gasteiger partial charge >= 0.3 is 5.69 Å². The van der Waals surface area contributed by atoms with Crippen molar-refractivity contribution in [3.63, 3.8) is 0 Å². The van der Waals surface area contributed by atoms with Crippen LogP contribution in [0.25, 0.3) is 0 Å². The third kappa shape index (κ3) is 2.47. The van der Waals surface area contributed by atoms with Crippen LogP contribution in [-0.2, 0) is 17.8 Å². The molecular weight excluding hydrogens is 254 g/mol. The summed E-state index contributed by atoms with van der Waals surface area (Å²) < 4.78 is 1.30. The number of benzene rings is 1. The van der Waals surface area contributed by atoms with Gasteiger partial charge in [-0.2, -0.15) is 0 Å². The van der Waals surface area contributed by atoms with Crippen molar-refractivity contribution in [2.24, 2.45) is 0 Å². The van der Waals surface area contributed by atoms with Crippen molar-refractivity contribution in [2.45, 2.75) is 25.4 Å². The lowest BCUT2D eigenvalue weighted by atomic mass is 10.1. The molecule has 0 spiro atoms. The molecule has 1 atom stereocenters. The molecule has 0 saturated heterocycles. The van der Waals surface area contributed by atoms with E-state index in [1.54, 1.807) is 12.3 Å². The molecule has 0 fully saturated rings. The number of rotatable bonds is 3. The number of aromatic nitrogens is 2. The van der Waals surface area contributed by atoms with Gasteiger partial charge in [0, 0.05) is 12.4 Å². The van der Waals surface area contributed by atoms with E-state index >= 15 is 0 Å². The van der Waals surface area contributed by atoms with Gasteiger partial charge in [0.05, 0.1) is 6.04 Å². The molecule has 1 heterocycles. The molecule has 5 heteroatoms. The molecule has 102 valence electrons. The monoisotopic (exact) mass is 269 g/mol. The Balaban J connectivity index is 1.69. The highest BCUT2D eigenvalue weighted by Gasteiger charge is 2.23. The summed E-state index contributed by atoms with van der Waals surface area (Å²) in [6, 6.07) is 9.81. The summed E-state index contributed by atoms with van der Waals surface area (Å²) in [6.45, 7) is 0.00530. The topological polar surface area (TPSA) is 64.0 Å². The zero-order valence-electron chi connectivity index (χ0n) is 11.0. The number of fused-ring (bicyclic) bond motifs is 1. The quantitative estimate of drug-likeness (QED) is 0.905. The van der Waals surface area contributed by atoms with Gasteiger partial charge in [-0.05, 0) is 30.0 Å². The molecule has 0 saturated carbocycles. The second-order valence-corrected chi connectivity index (χ2v) is 4.89. The Hall–Kier alpha value is -2.43. The van der Waals surface area contributed by atoms with Crippen LogP contribution in [-0.4, -0.2) is 15.5 Å². The molecule has 1 unspecified atom stereocenters. The number of carbonyl (C=O) groups excluding carboxylic acids is 1. The minimum atomic E-state index is -0.408. The van der Waals surface area contributed by atoms with Crippen LogP contribution >= 0.6 is 0 Å². The van der Waals surface area contributed by atoms with Crippen LogP contribution in [0, 0.1) is 0 Å². The van der Waals surface area contributed by atoms with Gasteiger partial charge in [-0.15, -0.1) is 0 Å². The maximum Gasteiger partial charge on any atom is 0.347 e. The van der Waals surface area contributed by atoms with Crippen molar-refractivity contribution in [1.29, 1.82) is 0 Å². The Labute approximate surface area is 116 Å². The first kappa shape index (κ1) is 12.6. The predicted molar refractivity (Wildman–Crippen MR) is 74.1 cm³/mol. The van der Waals surface area contributed by atoms with Gasteiger partial charge in [-0.1, -0.05) is 24.3 Å². The van der Waals surface area contributed by atoms with Crippen molar-refractivity contribution >= 4 is 5.91 Å². The summed E-state index contributed by atoms with van der Waals surface area (Å²) in [5.41, 5.74) is 2.06. The molecule has 0 aliphatic heterocycles. The number of hydrogen-bond donors (Lipinski definition) is 1. The van der Waals surface area contributed by atoms with E-state index in [1.807, 2.05) is 18.2 Å². The molecule has 0 radical (unpaired) electrons. The Kier molecular flexibility index (Phi) is 3.33. The van der Waals surface area contributed by atoms with Crippen molar-refractivity contribution in [3.8, 4) is 0 Å². The lowest BCUT2D eigenvalue weighted by Gasteiger charge is -2.14. The molecule has 1 aromatic carbocycles. The van der Waals surface area contributed by atoms with Gasteiger partial charge in [0.2, 0.25) is 5.91 Å². The zero-order chi connectivity index (χ0) is 13.9. The van der Waals surface area contributed by atoms with Crippen LogP contribution in [0.2, 0.25) is 0 Å². The van der Waals surface area contributed by atoms with Gasteiger partial charge in [-0.25, -0.2) is 9.78 Å². The summed E-state index contributed by atoms with van der Waals surface area (Å²) in [5.74, 6) is -0.165. The van der Waals surface area contributed by atoms with Gasteiger partial charge < -0.3 is 5.32 Å². The fourth-order valence-corrected chi connectivity index (χ4v) is 2.61. The highest BCUT2D eigenvalue weighted by atomic mass is 16.2. The number of aryl methyl sites for hydroxylation is 1. The summed E-state index contributed by atoms with van der Waals surface area (Å²) in [7, 11) is 0. The zero-order valence-corrected chi connectivity index (χ0v) is 11.0. The van der Waals surface area contributed by atoms with Crippen molar-refractivity contribution in [2.75, 3.05) is 0 Å². The van der Waals surface area contributed by atoms with Crippen molar-refractivity contribution in [1.82, 2.24) is 14.9 Å². The molecule has 1 amide bonds. The van der Waals surface area contributed by atoms with Gasteiger partial charge in [0.1, 0.15) is 6.54 Å². The molecule has 1 aliphatic rings. The highest BCUT2D eigenvalue weighted by Crippen LogP contribution is 2.30. The summed E-state index contributed by atoms with van der Waals surface area (Å²) in [4.78, 5) is 27.1. The number of amides is 1. The average molecular weight is 269 g/mol. The third-order valence-corrected chi connectivity index (χ3v) is 3.56. The second-order valence-electron chi connectivity index (χ2n) is 4.89. The molecule has 1 aromatic heterocycles. The van der Waals surface area contributed by atoms with E-state index in [0.29, 0.717) is 0 Å². The minimum Gasteiger partial charge on any atom is -0.348 e. The highest BCUT2D eigenvalue weighted by molar-refractivity contribution is 5.76. The van der Waals surface area contributed by atoms with E-state index in [-0.39, 0.29) is 18.5 Å². The Bertz CT molecular complexity index is 693. The molecule has 3 rings (SSSR count). The smallest absolute Gasteiger partial charge is 0.347 e. The largest absolute Gasteiger partial charge is 0.348 e. The van der Waals surface area contributed by atoms with Gasteiger partial charge in [-0.3, -0.25) is 9.36 Å². The fourth-order valence-electron chi connectivity index (χ4n) is 2.61. The predicted octanol–water partition coefficient (Wildman–Crippen LogP) is 1.05. The first-order valence-electron chi connectivity index (χ1n) is 6.62. The molecule has 2 aromatic rings. The molecule has 5 nitrogen and oxygen atoms in total. The molecule has 1 N–H and O–H groups in total. The summed E-state index contributed by atoms with van der Waals surface area (Å²) in [5, 5.41) is 2.98. The molecule has 1 aliphatic carbocycles. The minimum absolute atomic E-state index is 0.00530. The number of nitrogens with one attached hydrogen (secondary N) is 1. The van der Waals surface area contributed by atoms with E-state index in [0.717, 1.165) is 12.8 Å². The first-order chi connectivity index (χ1) is 9.74. The van der Waals surface area contributed by atoms with Gasteiger partial charge in [0.15, 0.2) is 0 Å². The Morgan fingerprint density at radius 2 is 2.20 bits per heavy atom. The number of hydrogen-bond acceptors (Lipinski definition) is 3. The van der Waals surface area contributed by atoms with E-state index in [4.69, 9.17) is 0 Å². The third-order valence-electron chi connectivity index (χ3n) is 3.56. The first-order valence-corrected chi connectivity index (χ1v) is 6.62. The van der Waals surface area contributed by atoms with Crippen LogP contribution < -0.4 is 11.0 Å². The second kappa shape index (κ2) is 5.28. The van der Waals surface area contributed by atoms with Crippen LogP contribution in [0.3, 0.4) is 0 Å². The maximum absolute atomic E-state index is 12.0. The van der Waals surface area contributed by atoms with E-state index < -0.39 is 5.69 Å². The van der Waals surface area contributed by atoms with Crippen LogP contribution in [0.4, 0.5) is 0 Å². The van der Waals surface area contributed by atoms with E-state index in [2.05, 4.69) is 16.4 Å². The lowest BCUT2D eigenvalue weighted by Crippen LogP contribution is -2.34. The molecule has 0 bridgehead atoms. The van der Waals surface area contributed by atoms with Crippen molar-refractivity contribution < 1.29 is 4.79 Å². The summed E-state index contributed by atoms with van der Waals surface area (Å²) >= 11 is 0. The maximum atomic E-state index is 12.0. The number of nitrogens with zero attached hydrogens (tertiary/aromatic N) is 2. The van der Waals surface area contributed by atoms with Crippen LogP contribution in [0.5, 0.6) is 0 Å². The van der Waals surface area contributed by atoms with Gasteiger partial charge in [0.25, 0.3) is 0 Å². The lowest BCUT2D eigenvalue weighted by molar-refractivity contribution is -0.122. The van der Waals surface area contributed by atoms with E-state index in [1.165, 1.54) is 21.9 Å². The average Bonchev–Trinajstić information content (AvgIpc) is 2.85. The summed E-state index contributed by atoms with van der Waals surface area (Å²) in [6.07, 6.45) is 4.88. The fraction of sp³-hybridized carbons (Fsp3) is 0.267. The standard InChI is InChI=1S/C15H15N3O2/c19-14(10-18-9-3-8-16-15(18)20)17-13-7-6-11-4-1-2-5-12(11)13/h1-5,8-9,13H,6-7,10H2,(H,17,19). The Morgan fingerprint density at radius 1 is 1.35 bits per heavy atom. The molecular formula is C15H15N3O2. The number of carbonyl (C=O) groups is 1. The normalized spacial score (nSPS) is 16.7.